The lowest BCUT2D eigenvalue weighted by Gasteiger charge is -2.50. The van der Waals surface area contributed by atoms with Gasteiger partial charge in [-0.1, -0.05) is 0 Å². The number of hydrogen-bond donors (Lipinski definition) is 2. The topological polar surface area (TPSA) is 114 Å². The SMILES string of the molecule is O=C1CC[C@H](N2C(=O)c3ccc(N4CCC5(CN(CC6CCN(CCO)CC6)C5)C4)cc3C2=O)C(=O)N1. The predicted octanol–water partition coefficient (Wildman–Crippen LogP) is 0.304. The minimum Gasteiger partial charge on any atom is -0.395 e. The van der Waals surface area contributed by atoms with Crippen molar-refractivity contribution in [3.05, 3.63) is 29.3 Å². The Hall–Kier alpha value is -2.82. The quantitative estimate of drug-likeness (QED) is 0.527. The number of nitrogens with one attached hydrogen (secondary N) is 1. The molecule has 0 saturated carbocycles. The first-order chi connectivity index (χ1) is 17.9. The number of aliphatic hydroxyl groups is 1. The van der Waals surface area contributed by atoms with Gasteiger partial charge in [0.2, 0.25) is 11.8 Å². The van der Waals surface area contributed by atoms with E-state index in [1.54, 1.807) is 12.1 Å². The van der Waals surface area contributed by atoms with Crippen LogP contribution in [0.25, 0.3) is 0 Å². The molecule has 1 aromatic carbocycles. The number of likely N-dealkylation sites (tertiary alicyclic amines) is 2. The summed E-state index contributed by atoms with van der Waals surface area (Å²) in [6, 6.07) is 4.48. The number of hydrogen-bond acceptors (Lipinski definition) is 8. The predicted molar refractivity (Wildman–Crippen MR) is 135 cm³/mol. The smallest absolute Gasteiger partial charge is 0.262 e. The molecule has 6 rings (SSSR count). The molecule has 10 heteroatoms. The third kappa shape index (κ3) is 4.45. The van der Waals surface area contributed by atoms with Crippen LogP contribution in [0.4, 0.5) is 5.69 Å². The van der Waals surface area contributed by atoms with Crippen molar-refractivity contribution in [1.82, 2.24) is 20.0 Å². The number of carbonyl (C=O) groups excluding carboxylic acids is 4. The van der Waals surface area contributed by atoms with Gasteiger partial charge in [-0.2, -0.15) is 0 Å². The molecule has 4 fully saturated rings. The number of nitrogens with zero attached hydrogens (tertiary/aromatic N) is 4. The van der Waals surface area contributed by atoms with Gasteiger partial charge in [-0.25, -0.2) is 0 Å². The lowest BCUT2D eigenvalue weighted by molar-refractivity contribution is -0.136. The van der Waals surface area contributed by atoms with Crippen LogP contribution >= 0.6 is 0 Å². The third-order valence-electron chi connectivity index (χ3n) is 8.98. The minimum atomic E-state index is -0.938. The Kier molecular flexibility index (Phi) is 6.29. The normalized spacial score (nSPS) is 26.7. The van der Waals surface area contributed by atoms with Gasteiger partial charge in [0.15, 0.2) is 0 Å². The zero-order valence-electron chi connectivity index (χ0n) is 21.2. The molecule has 1 atom stereocenters. The van der Waals surface area contributed by atoms with Gasteiger partial charge in [-0.3, -0.25) is 29.4 Å². The number of piperidine rings is 2. The van der Waals surface area contributed by atoms with Gasteiger partial charge in [0.1, 0.15) is 6.04 Å². The molecular weight excluding hydrogens is 474 g/mol. The molecule has 198 valence electrons. The van der Waals surface area contributed by atoms with Crippen LogP contribution in [-0.2, 0) is 9.59 Å². The van der Waals surface area contributed by atoms with Gasteiger partial charge in [-0.15, -0.1) is 0 Å². The maximum atomic E-state index is 13.2. The van der Waals surface area contributed by atoms with E-state index < -0.39 is 23.8 Å². The molecule has 0 radical (unpaired) electrons. The maximum Gasteiger partial charge on any atom is 0.262 e. The highest BCUT2D eigenvalue weighted by atomic mass is 16.3. The van der Waals surface area contributed by atoms with Crippen LogP contribution in [0.2, 0.25) is 0 Å². The Bertz CT molecular complexity index is 1120. The number of benzene rings is 1. The number of fused-ring (bicyclic) bond motifs is 1. The first kappa shape index (κ1) is 24.5. The number of imide groups is 2. The number of aliphatic hydroxyl groups excluding tert-OH is 1. The Morgan fingerprint density at radius 3 is 2.41 bits per heavy atom. The first-order valence-corrected chi connectivity index (χ1v) is 13.5. The average Bonchev–Trinajstić information content (AvgIpc) is 3.41. The summed E-state index contributed by atoms with van der Waals surface area (Å²) in [4.78, 5) is 58.3. The van der Waals surface area contributed by atoms with Gasteiger partial charge < -0.3 is 19.8 Å². The van der Waals surface area contributed by atoms with Crippen molar-refractivity contribution >= 4 is 29.3 Å². The fourth-order valence-electron chi connectivity index (χ4n) is 7.00. The van der Waals surface area contributed by atoms with Crippen molar-refractivity contribution in [2.75, 3.05) is 63.9 Å². The van der Waals surface area contributed by atoms with E-state index in [1.807, 2.05) is 6.07 Å². The molecule has 0 unspecified atom stereocenters. The van der Waals surface area contributed by atoms with Crippen molar-refractivity contribution in [1.29, 1.82) is 0 Å². The van der Waals surface area contributed by atoms with Gasteiger partial charge in [0.25, 0.3) is 11.8 Å². The Balaban J connectivity index is 1.06. The molecule has 10 nitrogen and oxygen atoms in total. The minimum absolute atomic E-state index is 0.116. The summed E-state index contributed by atoms with van der Waals surface area (Å²) in [6.07, 6.45) is 3.80. The summed E-state index contributed by atoms with van der Waals surface area (Å²) in [5.41, 5.74) is 1.90. The molecule has 4 amide bonds. The van der Waals surface area contributed by atoms with E-state index in [2.05, 4.69) is 20.0 Å². The summed E-state index contributed by atoms with van der Waals surface area (Å²) in [7, 11) is 0. The van der Waals surface area contributed by atoms with Crippen LogP contribution in [0.15, 0.2) is 18.2 Å². The van der Waals surface area contributed by atoms with Crippen LogP contribution in [-0.4, -0.2) is 108 Å². The molecular formula is C27H35N5O5. The van der Waals surface area contributed by atoms with Crippen LogP contribution in [0, 0.1) is 11.3 Å². The second kappa shape index (κ2) is 9.49. The number of amides is 4. The molecule has 0 aliphatic carbocycles. The molecule has 5 aliphatic heterocycles. The highest BCUT2D eigenvalue weighted by Gasteiger charge is 2.49. The Labute approximate surface area is 216 Å². The standard InChI is InChI=1S/C27H35N5O5/c33-12-11-29-8-5-18(6-9-29)14-30-15-27(16-30)7-10-31(17-27)19-1-2-20-21(13-19)26(37)32(25(20)36)22-3-4-23(34)28-24(22)35/h1-2,13,18,22,33H,3-12,14-17H2,(H,28,34,35)/t22-/m0/s1. The molecule has 0 aromatic heterocycles. The van der Waals surface area contributed by atoms with Crippen molar-refractivity contribution in [2.45, 2.75) is 38.1 Å². The molecule has 37 heavy (non-hydrogen) atoms. The molecule has 1 spiro atoms. The molecule has 4 saturated heterocycles. The first-order valence-electron chi connectivity index (χ1n) is 13.5. The highest BCUT2D eigenvalue weighted by Crippen LogP contribution is 2.42. The van der Waals surface area contributed by atoms with Crippen molar-refractivity contribution in [3.8, 4) is 0 Å². The van der Waals surface area contributed by atoms with Crippen LogP contribution < -0.4 is 10.2 Å². The summed E-state index contributed by atoms with van der Waals surface area (Å²) < 4.78 is 0. The maximum absolute atomic E-state index is 13.2. The van der Waals surface area contributed by atoms with E-state index in [-0.39, 0.29) is 30.8 Å². The Morgan fingerprint density at radius 1 is 0.919 bits per heavy atom. The lowest BCUT2D eigenvalue weighted by atomic mass is 9.78. The van der Waals surface area contributed by atoms with Crippen LogP contribution in [0.3, 0.4) is 0 Å². The van der Waals surface area contributed by atoms with Gasteiger partial charge in [0, 0.05) is 56.8 Å². The second-order valence-electron chi connectivity index (χ2n) is 11.5. The lowest BCUT2D eigenvalue weighted by Crippen LogP contribution is -2.59. The fraction of sp³-hybridized carbons (Fsp3) is 0.630. The van der Waals surface area contributed by atoms with E-state index in [0.29, 0.717) is 11.1 Å². The van der Waals surface area contributed by atoms with Crippen LogP contribution in [0.5, 0.6) is 0 Å². The van der Waals surface area contributed by atoms with E-state index in [1.165, 1.54) is 12.8 Å². The van der Waals surface area contributed by atoms with Crippen molar-refractivity contribution in [3.63, 3.8) is 0 Å². The van der Waals surface area contributed by atoms with E-state index in [0.717, 1.165) is 75.3 Å². The summed E-state index contributed by atoms with van der Waals surface area (Å²) >= 11 is 0. The molecule has 5 aliphatic rings. The third-order valence-corrected chi connectivity index (χ3v) is 8.98. The fourth-order valence-corrected chi connectivity index (χ4v) is 7.00. The van der Waals surface area contributed by atoms with E-state index >= 15 is 0 Å². The molecule has 0 bridgehead atoms. The molecule has 2 N–H and O–H groups in total. The summed E-state index contributed by atoms with van der Waals surface area (Å²) in [5, 5.41) is 11.4. The number of β-amino-alcohol motifs (C(OH)–C–C–N with tert-alkyl or cyclic N) is 1. The monoisotopic (exact) mass is 509 g/mol. The number of carbonyl (C=O) groups is 4. The average molecular weight is 510 g/mol. The summed E-state index contributed by atoms with van der Waals surface area (Å²) in [6.45, 7) is 8.41. The van der Waals surface area contributed by atoms with Crippen LogP contribution in [0.1, 0.15) is 52.8 Å². The van der Waals surface area contributed by atoms with Crippen molar-refractivity contribution in [2.24, 2.45) is 11.3 Å². The van der Waals surface area contributed by atoms with E-state index in [4.69, 9.17) is 5.11 Å². The number of anilines is 1. The zero-order chi connectivity index (χ0) is 25.7. The highest BCUT2D eigenvalue weighted by molar-refractivity contribution is 6.23. The van der Waals surface area contributed by atoms with Gasteiger partial charge in [-0.05, 0) is 62.9 Å². The van der Waals surface area contributed by atoms with Gasteiger partial charge >= 0.3 is 0 Å². The second-order valence-corrected chi connectivity index (χ2v) is 11.5. The molecule has 1 aromatic rings. The number of rotatable bonds is 6. The van der Waals surface area contributed by atoms with Gasteiger partial charge in [0.05, 0.1) is 17.7 Å². The zero-order valence-corrected chi connectivity index (χ0v) is 21.2. The molecule has 5 heterocycles. The van der Waals surface area contributed by atoms with Crippen molar-refractivity contribution < 1.29 is 24.3 Å². The van der Waals surface area contributed by atoms with E-state index in [9.17, 15) is 19.2 Å². The Morgan fingerprint density at radius 2 is 1.68 bits per heavy atom. The largest absolute Gasteiger partial charge is 0.395 e. The summed E-state index contributed by atoms with van der Waals surface area (Å²) in [5.74, 6) is -1.14.